The van der Waals surface area contributed by atoms with Crippen LogP contribution in [-0.4, -0.2) is 33.1 Å². The average molecular weight is 402 g/mol. The number of rotatable bonds is 2. The van der Waals surface area contributed by atoms with E-state index in [0.29, 0.717) is 11.3 Å². The maximum Gasteiger partial charge on any atom is 0.490 e. The summed E-state index contributed by atoms with van der Waals surface area (Å²) >= 11 is 5.70. The third kappa shape index (κ3) is 5.11. The van der Waals surface area contributed by atoms with E-state index in [9.17, 15) is 22.8 Å². The molecule has 0 unspecified atom stereocenters. The molecule has 142 valence electrons. The molecule has 0 saturated carbocycles. The Kier molecular flexibility index (Phi) is 5.91. The number of alkyl halides is 3. The molecule has 3 aromatic rings. The zero-order valence-corrected chi connectivity index (χ0v) is 14.0. The van der Waals surface area contributed by atoms with E-state index in [-0.39, 0.29) is 10.9 Å². The molecule has 11 heteroatoms. The smallest absolute Gasteiger partial charge is 0.475 e. The lowest BCUT2D eigenvalue weighted by Gasteiger charge is -2.04. The topological polar surface area (TPSA) is 115 Å². The fourth-order valence-corrected chi connectivity index (χ4v) is 2.13. The number of carboxylic acids is 1. The number of amides is 1. The molecule has 0 radical (unpaired) electrons. The molecule has 0 fully saturated rings. The third-order valence-corrected chi connectivity index (χ3v) is 3.48. The van der Waals surface area contributed by atoms with Crippen LogP contribution in [0.5, 0.6) is 0 Å². The van der Waals surface area contributed by atoms with Crippen LogP contribution in [0.1, 0.15) is 10.4 Å². The number of aromatic nitrogens is 2. The van der Waals surface area contributed by atoms with E-state index in [1.54, 1.807) is 6.20 Å². The largest absolute Gasteiger partial charge is 0.490 e. The van der Waals surface area contributed by atoms with Crippen molar-refractivity contribution in [3.05, 3.63) is 63.7 Å². The second kappa shape index (κ2) is 7.96. The normalized spacial score (nSPS) is 10.8. The molecule has 2 heterocycles. The molecule has 0 bridgehead atoms. The van der Waals surface area contributed by atoms with Crippen LogP contribution < -0.4 is 10.9 Å². The first-order chi connectivity index (χ1) is 12.6. The average Bonchev–Trinajstić information content (AvgIpc) is 3.00. The Morgan fingerprint density at radius 3 is 2.33 bits per heavy atom. The Morgan fingerprint density at radius 2 is 1.74 bits per heavy atom. The molecule has 3 rings (SSSR count). The van der Waals surface area contributed by atoms with Gasteiger partial charge in [-0.3, -0.25) is 9.59 Å². The standard InChI is InChI=1S/C14H10ClN3O2.C2HF3O2/c15-10-5-8(6-17-14(10)20)13(19)18-12-7-16-11-4-2-1-3-9(11)12;3-2(4,5)1(6)7/h1-7,16H,(H,17,20)(H,18,19);(H,6,7). The first-order valence-corrected chi connectivity index (χ1v) is 7.53. The number of halogens is 4. The summed E-state index contributed by atoms with van der Waals surface area (Å²) in [6.07, 6.45) is -2.03. The van der Waals surface area contributed by atoms with Gasteiger partial charge in [-0.25, -0.2) is 4.79 Å². The first-order valence-electron chi connectivity index (χ1n) is 7.15. The molecule has 0 spiro atoms. The second-order valence-electron chi connectivity index (χ2n) is 5.07. The number of anilines is 1. The zero-order valence-electron chi connectivity index (χ0n) is 13.2. The molecular formula is C16H11ClF3N3O4. The number of carbonyl (C=O) groups is 2. The monoisotopic (exact) mass is 401 g/mol. The van der Waals surface area contributed by atoms with Crippen LogP contribution in [0, 0.1) is 0 Å². The number of benzene rings is 1. The van der Waals surface area contributed by atoms with Crippen molar-refractivity contribution in [2.24, 2.45) is 0 Å². The van der Waals surface area contributed by atoms with Crippen LogP contribution in [-0.2, 0) is 4.79 Å². The molecule has 1 aromatic carbocycles. The number of aromatic amines is 2. The summed E-state index contributed by atoms with van der Waals surface area (Å²) in [5, 5.41) is 10.8. The summed E-state index contributed by atoms with van der Waals surface area (Å²) in [6.45, 7) is 0. The van der Waals surface area contributed by atoms with Gasteiger partial charge in [0.1, 0.15) is 5.02 Å². The summed E-state index contributed by atoms with van der Waals surface area (Å²) in [6, 6.07) is 8.96. The Bertz CT molecular complexity index is 1040. The predicted octanol–water partition coefficient (Wildman–Crippen LogP) is 3.40. The van der Waals surface area contributed by atoms with E-state index in [0.717, 1.165) is 10.9 Å². The van der Waals surface area contributed by atoms with E-state index in [4.69, 9.17) is 21.5 Å². The highest BCUT2D eigenvalue weighted by Gasteiger charge is 2.38. The number of carbonyl (C=O) groups excluding carboxylic acids is 1. The second-order valence-corrected chi connectivity index (χ2v) is 5.48. The van der Waals surface area contributed by atoms with Crippen molar-refractivity contribution in [3.63, 3.8) is 0 Å². The molecule has 7 nitrogen and oxygen atoms in total. The van der Waals surface area contributed by atoms with Crippen LogP contribution in [0.2, 0.25) is 5.02 Å². The number of H-pyrrole nitrogens is 2. The van der Waals surface area contributed by atoms with Crippen molar-refractivity contribution >= 4 is 40.1 Å². The Morgan fingerprint density at radius 1 is 1.11 bits per heavy atom. The number of aliphatic carboxylic acids is 1. The predicted molar refractivity (Wildman–Crippen MR) is 92.0 cm³/mol. The number of hydrogen-bond donors (Lipinski definition) is 4. The fraction of sp³-hybridized carbons (Fsp3) is 0.0625. The minimum absolute atomic E-state index is 0.0171. The van der Waals surface area contributed by atoms with Gasteiger partial charge in [-0.2, -0.15) is 13.2 Å². The van der Waals surface area contributed by atoms with Gasteiger partial charge in [-0.1, -0.05) is 29.8 Å². The lowest BCUT2D eigenvalue weighted by molar-refractivity contribution is -0.192. The lowest BCUT2D eigenvalue weighted by atomic mass is 10.2. The minimum Gasteiger partial charge on any atom is -0.475 e. The van der Waals surface area contributed by atoms with Crippen LogP contribution in [0.3, 0.4) is 0 Å². The highest BCUT2D eigenvalue weighted by Crippen LogP contribution is 2.23. The zero-order chi connectivity index (χ0) is 20.2. The summed E-state index contributed by atoms with van der Waals surface area (Å²) in [5.41, 5.74) is 1.48. The lowest BCUT2D eigenvalue weighted by Crippen LogP contribution is -2.21. The highest BCUT2D eigenvalue weighted by atomic mass is 35.5. The Labute approximate surface area is 153 Å². The van der Waals surface area contributed by atoms with Crippen molar-refractivity contribution in [3.8, 4) is 0 Å². The van der Waals surface area contributed by atoms with Crippen molar-refractivity contribution in [1.29, 1.82) is 0 Å². The summed E-state index contributed by atoms with van der Waals surface area (Å²) in [5.74, 6) is -3.10. The minimum atomic E-state index is -5.08. The van der Waals surface area contributed by atoms with Crippen molar-refractivity contribution < 1.29 is 27.9 Å². The molecule has 0 aliphatic carbocycles. The van der Waals surface area contributed by atoms with Gasteiger partial charge in [-0.05, 0) is 12.1 Å². The Hall–Kier alpha value is -3.27. The van der Waals surface area contributed by atoms with Gasteiger partial charge >= 0.3 is 12.1 Å². The van der Waals surface area contributed by atoms with E-state index in [1.807, 2.05) is 24.3 Å². The van der Waals surface area contributed by atoms with Crippen LogP contribution in [0.25, 0.3) is 10.9 Å². The van der Waals surface area contributed by atoms with Gasteiger partial charge in [0, 0.05) is 23.3 Å². The van der Waals surface area contributed by atoms with Gasteiger partial charge < -0.3 is 20.4 Å². The quantitative estimate of drug-likeness (QED) is 0.526. The SMILES string of the molecule is O=C(Nc1c[nH]c2ccccc12)c1c[nH]c(=O)c(Cl)c1.O=C(O)C(F)(F)F. The maximum atomic E-state index is 12.1. The van der Waals surface area contributed by atoms with Gasteiger partial charge in [-0.15, -0.1) is 0 Å². The molecule has 27 heavy (non-hydrogen) atoms. The van der Waals surface area contributed by atoms with Gasteiger partial charge in [0.15, 0.2) is 0 Å². The van der Waals surface area contributed by atoms with Crippen LogP contribution in [0.15, 0.2) is 47.5 Å². The van der Waals surface area contributed by atoms with E-state index >= 15 is 0 Å². The molecule has 0 aliphatic rings. The number of fused-ring (bicyclic) bond motifs is 1. The van der Waals surface area contributed by atoms with E-state index < -0.39 is 17.7 Å². The van der Waals surface area contributed by atoms with E-state index in [1.165, 1.54) is 12.3 Å². The first kappa shape index (κ1) is 20.0. The Balaban J connectivity index is 0.000000321. The highest BCUT2D eigenvalue weighted by molar-refractivity contribution is 6.30. The van der Waals surface area contributed by atoms with E-state index in [2.05, 4.69) is 15.3 Å². The van der Waals surface area contributed by atoms with Crippen molar-refractivity contribution in [2.75, 3.05) is 5.32 Å². The molecular weight excluding hydrogens is 391 g/mol. The molecule has 0 saturated heterocycles. The molecule has 1 amide bonds. The summed E-state index contributed by atoms with van der Waals surface area (Å²) in [4.78, 5) is 37.6. The number of hydrogen-bond acceptors (Lipinski definition) is 3. The molecule has 2 aromatic heterocycles. The number of para-hydroxylation sites is 1. The molecule has 0 aliphatic heterocycles. The van der Waals surface area contributed by atoms with Gasteiger partial charge in [0.25, 0.3) is 11.5 Å². The van der Waals surface area contributed by atoms with Gasteiger partial charge in [0.2, 0.25) is 0 Å². The van der Waals surface area contributed by atoms with Crippen molar-refractivity contribution in [2.45, 2.75) is 6.18 Å². The third-order valence-electron chi connectivity index (χ3n) is 3.20. The molecule has 0 atom stereocenters. The van der Waals surface area contributed by atoms with Gasteiger partial charge in [0.05, 0.1) is 11.3 Å². The van der Waals surface area contributed by atoms with Crippen LogP contribution >= 0.6 is 11.6 Å². The summed E-state index contributed by atoms with van der Waals surface area (Å²) in [7, 11) is 0. The number of nitrogens with one attached hydrogen (secondary N) is 3. The summed E-state index contributed by atoms with van der Waals surface area (Å²) < 4.78 is 31.7. The number of carboxylic acid groups (broad SMARTS) is 1. The fourth-order valence-electron chi connectivity index (χ4n) is 1.96. The molecule has 4 N–H and O–H groups in total. The maximum absolute atomic E-state index is 12.1. The van der Waals surface area contributed by atoms with Crippen molar-refractivity contribution in [1.82, 2.24) is 9.97 Å². The van der Waals surface area contributed by atoms with Crippen LogP contribution in [0.4, 0.5) is 18.9 Å². The number of pyridine rings is 1.